The summed E-state index contributed by atoms with van der Waals surface area (Å²) in [6, 6.07) is 13.9. The molecule has 1 aliphatic heterocycles. The first-order valence-corrected chi connectivity index (χ1v) is 9.85. The summed E-state index contributed by atoms with van der Waals surface area (Å²) in [4.78, 5) is 29.0. The van der Waals surface area contributed by atoms with E-state index in [1.54, 1.807) is 43.8 Å². The number of carbonyl (C=O) groups excluding carboxylic acids is 2. The lowest BCUT2D eigenvalue weighted by Crippen LogP contribution is -2.49. The van der Waals surface area contributed by atoms with Gasteiger partial charge in [-0.25, -0.2) is 4.79 Å². The summed E-state index contributed by atoms with van der Waals surface area (Å²) in [6.45, 7) is -0.0739. The minimum Gasteiger partial charge on any atom is -0.497 e. The van der Waals surface area contributed by atoms with E-state index in [1.165, 1.54) is 4.57 Å². The number of amides is 3. The van der Waals surface area contributed by atoms with Crippen molar-refractivity contribution in [3.63, 3.8) is 0 Å². The van der Waals surface area contributed by atoms with E-state index in [0.717, 1.165) is 16.3 Å². The van der Waals surface area contributed by atoms with Crippen LogP contribution in [0, 0.1) is 11.8 Å². The molecule has 158 valence electrons. The Morgan fingerprint density at radius 2 is 2.03 bits per heavy atom. The monoisotopic (exact) mass is 426 g/mol. The molecule has 4 aromatic rings. The van der Waals surface area contributed by atoms with Gasteiger partial charge in [-0.3, -0.25) is 15.1 Å². The molecule has 0 bridgehead atoms. The van der Waals surface area contributed by atoms with Gasteiger partial charge < -0.3 is 19.7 Å². The van der Waals surface area contributed by atoms with Crippen LogP contribution in [0.15, 0.2) is 60.9 Å². The molecule has 0 aliphatic carbocycles. The number of aromatic hydroxyl groups is 1. The molecule has 1 fully saturated rings. The van der Waals surface area contributed by atoms with Gasteiger partial charge >= 0.3 is 6.03 Å². The van der Waals surface area contributed by atoms with Crippen molar-refractivity contribution in [2.45, 2.75) is 12.1 Å². The van der Waals surface area contributed by atoms with E-state index in [9.17, 15) is 14.7 Å². The molecule has 1 aliphatic rings. The Labute approximate surface area is 182 Å². The maximum Gasteiger partial charge on any atom is 0.323 e. The molecule has 5 rings (SSSR count). The number of nitrogens with zero attached hydrogens (tertiary/aromatic N) is 2. The average molecular weight is 426 g/mol. The van der Waals surface area contributed by atoms with Crippen LogP contribution in [-0.4, -0.2) is 39.2 Å². The van der Waals surface area contributed by atoms with Crippen molar-refractivity contribution in [1.29, 1.82) is 0 Å². The van der Waals surface area contributed by atoms with Gasteiger partial charge in [0.05, 0.1) is 19.2 Å². The molecule has 3 N–H and O–H groups in total. The topological polar surface area (TPSA) is 105 Å². The summed E-state index contributed by atoms with van der Waals surface area (Å²) in [6.07, 6.45) is 3.41. The Morgan fingerprint density at radius 3 is 2.81 bits per heavy atom. The number of carbonyl (C=O) groups is 2. The maximum absolute atomic E-state index is 12.7. The fraction of sp³-hybridized carbons (Fsp3) is 0.125. The summed E-state index contributed by atoms with van der Waals surface area (Å²) in [7, 11) is 1.54. The predicted molar refractivity (Wildman–Crippen MR) is 118 cm³/mol. The second-order valence-corrected chi connectivity index (χ2v) is 7.51. The molecule has 8 heteroatoms. The number of nitrogens with one attached hydrogen (secondary N) is 2. The molecule has 0 saturated carbocycles. The zero-order chi connectivity index (χ0) is 22.3. The Kier molecular flexibility index (Phi) is 4.45. The SMILES string of the molecule is COc1ccc2cn(C[C@@]3(C#Cc4ccc5ncccc5c4)NC(=O)NC3=O)c(O)c2c1. The lowest BCUT2D eigenvalue weighted by Gasteiger charge is -2.20. The summed E-state index contributed by atoms with van der Waals surface area (Å²) in [5.74, 6) is 5.89. The number of pyridine rings is 1. The highest BCUT2D eigenvalue weighted by molar-refractivity contribution is 6.09. The van der Waals surface area contributed by atoms with Gasteiger partial charge in [-0.1, -0.05) is 17.9 Å². The third kappa shape index (κ3) is 3.26. The molecule has 0 spiro atoms. The van der Waals surface area contributed by atoms with Crippen LogP contribution in [0.4, 0.5) is 4.79 Å². The van der Waals surface area contributed by atoms with Gasteiger partial charge in [0, 0.05) is 34.1 Å². The molecule has 3 heterocycles. The van der Waals surface area contributed by atoms with Crippen molar-refractivity contribution < 1.29 is 19.4 Å². The van der Waals surface area contributed by atoms with Gasteiger partial charge in [0.1, 0.15) is 5.75 Å². The third-order valence-corrected chi connectivity index (χ3v) is 5.44. The Balaban J connectivity index is 1.56. The van der Waals surface area contributed by atoms with E-state index < -0.39 is 17.5 Å². The van der Waals surface area contributed by atoms with E-state index >= 15 is 0 Å². The Bertz CT molecular complexity index is 1460. The number of ether oxygens (including phenoxy) is 1. The Hall–Kier alpha value is -4.51. The van der Waals surface area contributed by atoms with Crippen LogP contribution >= 0.6 is 0 Å². The molecule has 1 atom stereocenters. The van der Waals surface area contributed by atoms with Crippen LogP contribution in [-0.2, 0) is 11.3 Å². The summed E-state index contributed by atoms with van der Waals surface area (Å²) in [5, 5.41) is 17.9. The number of rotatable bonds is 3. The van der Waals surface area contributed by atoms with Crippen molar-refractivity contribution in [2.75, 3.05) is 7.11 Å². The van der Waals surface area contributed by atoms with Crippen LogP contribution in [0.25, 0.3) is 21.7 Å². The highest BCUT2D eigenvalue weighted by Gasteiger charge is 2.46. The molecule has 32 heavy (non-hydrogen) atoms. The van der Waals surface area contributed by atoms with E-state index in [1.807, 2.05) is 24.3 Å². The zero-order valence-corrected chi connectivity index (χ0v) is 17.0. The molecule has 1 saturated heterocycles. The zero-order valence-electron chi connectivity index (χ0n) is 17.0. The summed E-state index contributed by atoms with van der Waals surface area (Å²) < 4.78 is 6.72. The molecule has 8 nitrogen and oxygen atoms in total. The molecule has 0 radical (unpaired) electrons. The summed E-state index contributed by atoms with van der Waals surface area (Å²) >= 11 is 0. The molecule has 2 aromatic carbocycles. The van der Waals surface area contributed by atoms with Gasteiger partial charge in [-0.2, -0.15) is 0 Å². The number of urea groups is 1. The lowest BCUT2D eigenvalue weighted by atomic mass is 9.99. The van der Waals surface area contributed by atoms with Crippen LogP contribution < -0.4 is 15.4 Å². The first-order chi connectivity index (χ1) is 15.5. The third-order valence-electron chi connectivity index (χ3n) is 5.44. The average Bonchev–Trinajstić information content (AvgIpc) is 3.26. The second-order valence-electron chi connectivity index (χ2n) is 7.51. The lowest BCUT2D eigenvalue weighted by molar-refractivity contribution is -0.122. The molecular weight excluding hydrogens is 408 g/mol. The summed E-state index contributed by atoms with van der Waals surface area (Å²) in [5.41, 5.74) is -0.0399. The standard InChI is InChI=1S/C24H18N4O4/c1-32-18-6-5-17-13-28(21(29)19(17)12-18)14-24(22(30)26-23(31)27-24)9-8-15-4-7-20-16(11-15)3-2-10-25-20/h2-7,10-13,29H,14H2,1H3,(H2,26,27,30,31)/t24-/m1/s1. The van der Waals surface area contributed by atoms with Crippen LogP contribution in [0.5, 0.6) is 11.6 Å². The van der Waals surface area contributed by atoms with Crippen molar-refractivity contribution >= 4 is 33.6 Å². The van der Waals surface area contributed by atoms with Crippen molar-refractivity contribution in [3.05, 3.63) is 66.5 Å². The van der Waals surface area contributed by atoms with Crippen LogP contribution in [0.1, 0.15) is 5.56 Å². The van der Waals surface area contributed by atoms with Gasteiger partial charge in [0.25, 0.3) is 5.91 Å². The highest BCUT2D eigenvalue weighted by atomic mass is 16.5. The quantitative estimate of drug-likeness (QED) is 0.345. The predicted octanol–water partition coefficient (Wildman–Crippen LogP) is 2.53. The van der Waals surface area contributed by atoms with E-state index in [2.05, 4.69) is 27.5 Å². The first-order valence-electron chi connectivity index (χ1n) is 9.85. The number of hydrogen-bond donors (Lipinski definition) is 3. The molecular formula is C24H18N4O4. The fourth-order valence-electron chi connectivity index (χ4n) is 3.79. The highest BCUT2D eigenvalue weighted by Crippen LogP contribution is 2.32. The number of aromatic nitrogens is 2. The largest absolute Gasteiger partial charge is 0.497 e. The number of benzene rings is 2. The van der Waals surface area contributed by atoms with E-state index in [4.69, 9.17) is 4.74 Å². The molecule has 0 unspecified atom stereocenters. The number of fused-ring (bicyclic) bond motifs is 2. The van der Waals surface area contributed by atoms with E-state index in [-0.39, 0.29) is 12.4 Å². The van der Waals surface area contributed by atoms with E-state index in [0.29, 0.717) is 16.7 Å². The number of imide groups is 1. The van der Waals surface area contributed by atoms with Gasteiger partial charge in [-0.05, 0) is 42.5 Å². The minimum atomic E-state index is -1.54. The number of hydrogen-bond acceptors (Lipinski definition) is 5. The Morgan fingerprint density at radius 1 is 1.16 bits per heavy atom. The van der Waals surface area contributed by atoms with Crippen LogP contribution in [0.3, 0.4) is 0 Å². The van der Waals surface area contributed by atoms with Crippen molar-refractivity contribution in [3.8, 4) is 23.5 Å². The van der Waals surface area contributed by atoms with Crippen LogP contribution in [0.2, 0.25) is 0 Å². The van der Waals surface area contributed by atoms with Gasteiger partial charge in [0.15, 0.2) is 5.88 Å². The first kappa shape index (κ1) is 19.5. The molecule has 3 amide bonds. The second kappa shape index (κ2) is 7.32. The van der Waals surface area contributed by atoms with Gasteiger partial charge in [0.2, 0.25) is 5.54 Å². The van der Waals surface area contributed by atoms with Crippen molar-refractivity contribution in [1.82, 2.24) is 20.2 Å². The van der Waals surface area contributed by atoms with Crippen molar-refractivity contribution in [2.24, 2.45) is 0 Å². The minimum absolute atomic E-state index is 0.0502. The normalized spacial score (nSPS) is 17.7. The fourth-order valence-corrected chi connectivity index (χ4v) is 3.79. The molecule has 2 aromatic heterocycles. The maximum atomic E-state index is 12.7. The van der Waals surface area contributed by atoms with Gasteiger partial charge in [-0.15, -0.1) is 0 Å². The smallest absolute Gasteiger partial charge is 0.323 e. The number of methoxy groups -OCH3 is 1.